The van der Waals surface area contributed by atoms with E-state index in [2.05, 4.69) is 20.4 Å². The summed E-state index contributed by atoms with van der Waals surface area (Å²) in [6, 6.07) is 6.57. The number of carbonyl (C=O) groups excluding carboxylic acids is 1. The number of benzene rings is 1. The molecule has 6 nitrogen and oxygen atoms in total. The molecule has 2 heterocycles. The van der Waals surface area contributed by atoms with Crippen LogP contribution in [-0.4, -0.2) is 21.0 Å². The number of halogens is 3. The second kappa shape index (κ2) is 7.82. The molecule has 0 unspecified atom stereocenters. The Morgan fingerprint density at radius 3 is 2.72 bits per heavy atom. The molecule has 0 fully saturated rings. The summed E-state index contributed by atoms with van der Waals surface area (Å²) in [6.45, 7) is 0. The van der Waals surface area contributed by atoms with Crippen LogP contribution in [0.3, 0.4) is 0 Å². The van der Waals surface area contributed by atoms with E-state index in [4.69, 9.17) is 39.3 Å². The number of hydrogen-bond donors (Lipinski definition) is 1. The Morgan fingerprint density at radius 1 is 1.16 bits per heavy atom. The fourth-order valence-corrected chi connectivity index (χ4v) is 2.61. The Labute approximate surface area is 158 Å². The normalized spacial score (nSPS) is 10.7. The average Bonchev–Trinajstić information content (AvgIpc) is 3.08. The van der Waals surface area contributed by atoms with Crippen LogP contribution in [0.2, 0.25) is 15.1 Å². The number of pyridine rings is 1. The molecule has 0 saturated heterocycles. The first-order chi connectivity index (χ1) is 12.0. The molecule has 128 valence electrons. The van der Waals surface area contributed by atoms with E-state index < -0.39 is 0 Å². The van der Waals surface area contributed by atoms with Crippen molar-refractivity contribution in [2.75, 3.05) is 5.32 Å². The van der Waals surface area contributed by atoms with E-state index in [9.17, 15) is 4.79 Å². The van der Waals surface area contributed by atoms with Gasteiger partial charge in [0, 0.05) is 30.8 Å². The maximum absolute atomic E-state index is 12.1. The molecule has 0 aliphatic carbocycles. The zero-order valence-corrected chi connectivity index (χ0v) is 14.9. The summed E-state index contributed by atoms with van der Waals surface area (Å²) in [5, 5.41) is 7.47. The van der Waals surface area contributed by atoms with E-state index in [0.717, 1.165) is 5.56 Å². The molecule has 3 rings (SSSR count). The number of anilines is 1. The third-order valence-electron chi connectivity index (χ3n) is 3.24. The molecule has 1 amide bonds. The Hall–Kier alpha value is -2.15. The number of carbonyl (C=O) groups is 1. The summed E-state index contributed by atoms with van der Waals surface area (Å²) in [4.78, 5) is 20.3. The molecular weight excluding hydrogens is 387 g/mol. The highest BCUT2D eigenvalue weighted by Crippen LogP contribution is 2.32. The van der Waals surface area contributed by atoms with Crippen molar-refractivity contribution in [3.05, 3.63) is 57.6 Å². The third-order valence-corrected chi connectivity index (χ3v) is 4.27. The first-order valence-corrected chi connectivity index (χ1v) is 8.33. The molecule has 0 spiro atoms. The number of nitrogens with zero attached hydrogens (tertiary/aromatic N) is 3. The van der Waals surface area contributed by atoms with Crippen molar-refractivity contribution < 1.29 is 9.32 Å². The van der Waals surface area contributed by atoms with E-state index >= 15 is 0 Å². The van der Waals surface area contributed by atoms with Gasteiger partial charge in [-0.25, -0.2) is 0 Å². The monoisotopic (exact) mass is 396 g/mol. The summed E-state index contributed by atoms with van der Waals surface area (Å²) in [7, 11) is 0. The maximum atomic E-state index is 12.1. The summed E-state index contributed by atoms with van der Waals surface area (Å²) in [5.41, 5.74) is 1.13. The number of aromatic nitrogens is 3. The van der Waals surface area contributed by atoms with Crippen LogP contribution in [0, 0.1) is 0 Å². The zero-order chi connectivity index (χ0) is 17.8. The van der Waals surface area contributed by atoms with Gasteiger partial charge in [-0.1, -0.05) is 40.0 Å². The lowest BCUT2D eigenvalue weighted by atomic mass is 10.2. The molecule has 2 aromatic heterocycles. The van der Waals surface area contributed by atoms with Gasteiger partial charge in [0.15, 0.2) is 0 Å². The Balaban J connectivity index is 1.60. The molecule has 0 radical (unpaired) electrons. The average molecular weight is 398 g/mol. The number of nitrogens with one attached hydrogen (secondary N) is 1. The molecule has 0 aliphatic rings. The van der Waals surface area contributed by atoms with Crippen molar-refractivity contribution in [2.45, 2.75) is 12.8 Å². The van der Waals surface area contributed by atoms with E-state index in [-0.39, 0.29) is 18.7 Å². The molecule has 1 aromatic carbocycles. The summed E-state index contributed by atoms with van der Waals surface area (Å²) < 4.78 is 5.14. The van der Waals surface area contributed by atoms with Crippen LogP contribution in [0.15, 0.2) is 41.2 Å². The summed E-state index contributed by atoms with van der Waals surface area (Å²) >= 11 is 17.8. The largest absolute Gasteiger partial charge is 0.339 e. The van der Waals surface area contributed by atoms with Crippen molar-refractivity contribution in [1.82, 2.24) is 15.1 Å². The van der Waals surface area contributed by atoms with Crippen LogP contribution < -0.4 is 5.32 Å². The number of hydrogen-bond acceptors (Lipinski definition) is 5. The van der Waals surface area contributed by atoms with Crippen molar-refractivity contribution in [3.8, 4) is 11.4 Å². The summed E-state index contributed by atoms with van der Waals surface area (Å²) in [5.74, 6) is 0.520. The van der Waals surface area contributed by atoms with Crippen LogP contribution in [0.1, 0.15) is 12.3 Å². The molecule has 3 aromatic rings. The van der Waals surface area contributed by atoms with Gasteiger partial charge in [0.25, 0.3) is 0 Å². The molecule has 0 atom stereocenters. The Kier molecular flexibility index (Phi) is 5.53. The van der Waals surface area contributed by atoms with Crippen molar-refractivity contribution in [2.24, 2.45) is 0 Å². The lowest BCUT2D eigenvalue weighted by Crippen LogP contribution is -2.12. The lowest BCUT2D eigenvalue weighted by Gasteiger charge is -2.08. The van der Waals surface area contributed by atoms with Crippen molar-refractivity contribution >= 4 is 46.4 Å². The molecule has 0 bridgehead atoms. The minimum absolute atomic E-state index is 0.144. The van der Waals surface area contributed by atoms with Crippen LogP contribution in [0.25, 0.3) is 11.4 Å². The molecule has 25 heavy (non-hydrogen) atoms. The van der Waals surface area contributed by atoms with Crippen molar-refractivity contribution in [3.63, 3.8) is 0 Å². The van der Waals surface area contributed by atoms with E-state index in [1.165, 1.54) is 12.1 Å². The Bertz CT molecular complexity index is 900. The maximum Gasteiger partial charge on any atom is 0.227 e. The zero-order valence-electron chi connectivity index (χ0n) is 12.7. The predicted octanol–water partition coefficient (Wildman–Crippen LogP) is 4.66. The summed E-state index contributed by atoms with van der Waals surface area (Å²) in [6.07, 6.45) is 3.72. The van der Waals surface area contributed by atoms with Crippen LogP contribution in [-0.2, 0) is 11.2 Å². The van der Waals surface area contributed by atoms with Crippen LogP contribution >= 0.6 is 34.8 Å². The van der Waals surface area contributed by atoms with E-state index in [0.29, 0.717) is 32.5 Å². The van der Waals surface area contributed by atoms with Gasteiger partial charge in [-0.3, -0.25) is 9.78 Å². The topological polar surface area (TPSA) is 80.9 Å². The highest BCUT2D eigenvalue weighted by Gasteiger charge is 2.13. The highest BCUT2D eigenvalue weighted by atomic mass is 35.5. The quantitative estimate of drug-likeness (QED) is 0.633. The molecular formula is C16H11Cl3N4O2. The first kappa shape index (κ1) is 17.7. The lowest BCUT2D eigenvalue weighted by molar-refractivity contribution is -0.116. The van der Waals surface area contributed by atoms with Gasteiger partial charge in [0.1, 0.15) is 0 Å². The molecule has 0 saturated carbocycles. The van der Waals surface area contributed by atoms with Gasteiger partial charge < -0.3 is 9.84 Å². The second-order valence-electron chi connectivity index (χ2n) is 5.05. The third kappa shape index (κ3) is 4.48. The number of rotatable bonds is 5. The van der Waals surface area contributed by atoms with Gasteiger partial charge in [0.05, 0.1) is 20.8 Å². The number of aryl methyl sites for hydroxylation is 1. The van der Waals surface area contributed by atoms with Crippen LogP contribution in [0.4, 0.5) is 5.69 Å². The Morgan fingerprint density at radius 2 is 1.96 bits per heavy atom. The van der Waals surface area contributed by atoms with Gasteiger partial charge in [-0.2, -0.15) is 4.98 Å². The highest BCUT2D eigenvalue weighted by molar-refractivity contribution is 6.44. The minimum atomic E-state index is -0.263. The molecule has 1 N–H and O–H groups in total. The van der Waals surface area contributed by atoms with Gasteiger partial charge >= 0.3 is 0 Å². The van der Waals surface area contributed by atoms with Gasteiger partial charge in [-0.15, -0.1) is 0 Å². The van der Waals surface area contributed by atoms with Gasteiger partial charge in [0.2, 0.25) is 17.6 Å². The minimum Gasteiger partial charge on any atom is -0.339 e. The smallest absolute Gasteiger partial charge is 0.227 e. The number of amides is 1. The van der Waals surface area contributed by atoms with E-state index in [1.807, 2.05) is 6.07 Å². The van der Waals surface area contributed by atoms with Gasteiger partial charge in [-0.05, 0) is 24.3 Å². The fraction of sp³-hybridized carbons (Fsp3) is 0.125. The first-order valence-electron chi connectivity index (χ1n) is 7.20. The SMILES string of the molecule is O=C(CCc1nc(-c2cccnc2)no1)Nc1cc(Cl)c(Cl)cc1Cl. The molecule has 9 heteroatoms. The predicted molar refractivity (Wildman–Crippen MR) is 96.0 cm³/mol. The fourth-order valence-electron chi connectivity index (χ4n) is 2.02. The van der Waals surface area contributed by atoms with E-state index in [1.54, 1.807) is 18.5 Å². The standard InChI is InChI=1S/C16H11Cl3N4O2/c17-10-6-12(19)13(7-11(10)18)21-14(24)3-4-15-22-16(23-25-15)9-2-1-5-20-8-9/h1-2,5-8H,3-4H2,(H,21,24). The van der Waals surface area contributed by atoms with Crippen LogP contribution in [0.5, 0.6) is 0 Å². The van der Waals surface area contributed by atoms with Crippen molar-refractivity contribution in [1.29, 1.82) is 0 Å². The second-order valence-corrected chi connectivity index (χ2v) is 6.27. The molecule has 0 aliphatic heterocycles.